The van der Waals surface area contributed by atoms with Crippen LogP contribution in [0.5, 0.6) is 0 Å². The number of hydrogen-bond donors (Lipinski definition) is 4. The van der Waals surface area contributed by atoms with Crippen LogP contribution in [0.4, 0.5) is 17.5 Å². The minimum Gasteiger partial charge on any atom is -0.399 e. The molecule has 1 aliphatic heterocycles. The van der Waals surface area contributed by atoms with Gasteiger partial charge in [-0.1, -0.05) is 0 Å². The lowest BCUT2D eigenvalue weighted by Crippen LogP contribution is -2.37. The summed E-state index contributed by atoms with van der Waals surface area (Å²) in [6, 6.07) is 0. The molecule has 0 unspecified atom stereocenters. The van der Waals surface area contributed by atoms with E-state index in [9.17, 15) is 4.79 Å². The second-order valence-corrected chi connectivity index (χ2v) is 4.96. The second kappa shape index (κ2) is 5.83. The van der Waals surface area contributed by atoms with Crippen molar-refractivity contribution in [2.45, 2.75) is 6.92 Å². The van der Waals surface area contributed by atoms with E-state index < -0.39 is 0 Å². The Labute approximate surface area is 123 Å². The van der Waals surface area contributed by atoms with Crippen molar-refractivity contribution < 1.29 is 4.79 Å². The largest absolute Gasteiger partial charge is 0.399 e. The van der Waals surface area contributed by atoms with Gasteiger partial charge in [0.05, 0.1) is 18.8 Å². The zero-order valence-electron chi connectivity index (χ0n) is 12.3. The molecule has 0 aromatic carbocycles. The molecule has 0 saturated carbocycles. The van der Waals surface area contributed by atoms with Gasteiger partial charge in [0.15, 0.2) is 5.82 Å². The molecule has 1 aromatic rings. The number of nitrogens with one attached hydrogen (secondary N) is 2. The molecule has 0 bridgehead atoms. The van der Waals surface area contributed by atoms with Crippen LogP contribution >= 0.6 is 0 Å². The van der Waals surface area contributed by atoms with Crippen molar-refractivity contribution in [3.05, 3.63) is 17.6 Å². The molecule has 0 radical (unpaired) electrons. The summed E-state index contributed by atoms with van der Waals surface area (Å²) >= 11 is 0. The first kappa shape index (κ1) is 14.9. The van der Waals surface area contributed by atoms with E-state index in [1.54, 1.807) is 18.1 Å². The summed E-state index contributed by atoms with van der Waals surface area (Å²) in [6.45, 7) is 2.46. The van der Waals surface area contributed by atoms with E-state index in [0.29, 0.717) is 35.4 Å². The summed E-state index contributed by atoms with van der Waals surface area (Å²) < 4.78 is 0. The van der Waals surface area contributed by atoms with Crippen LogP contribution in [0.1, 0.15) is 5.69 Å². The Hall–Kier alpha value is -2.55. The maximum atomic E-state index is 11.5. The van der Waals surface area contributed by atoms with Gasteiger partial charge in [-0.25, -0.2) is 10.8 Å². The number of hydrazine groups is 1. The minimum absolute atomic E-state index is 0.0735. The predicted molar refractivity (Wildman–Crippen MR) is 81.4 cm³/mol. The molecular formula is C12H20N8O. The standard InChI is InChI=1S/C12H20N8O/c1-7-10-11(19(2)6-9(21)17-10)18-12(16-7)15-4-8(13)5-20(3)14/h5H,4,6,13-14H2,1-3H3,(H,17,21)(H,15,16,18)/b8-5-. The molecule has 114 valence electrons. The Balaban J connectivity index is 2.18. The van der Waals surface area contributed by atoms with Crippen molar-refractivity contribution in [2.75, 3.05) is 42.7 Å². The van der Waals surface area contributed by atoms with Crippen molar-refractivity contribution in [3.8, 4) is 0 Å². The number of aryl methyl sites for hydroxylation is 1. The molecule has 21 heavy (non-hydrogen) atoms. The highest BCUT2D eigenvalue weighted by molar-refractivity contribution is 6.00. The Morgan fingerprint density at radius 2 is 2.29 bits per heavy atom. The Kier molecular flexibility index (Phi) is 4.13. The van der Waals surface area contributed by atoms with Gasteiger partial charge >= 0.3 is 0 Å². The monoisotopic (exact) mass is 292 g/mol. The molecule has 1 aromatic heterocycles. The number of amides is 1. The molecule has 0 atom stereocenters. The molecular weight excluding hydrogens is 272 g/mol. The normalized spacial score (nSPS) is 14.6. The molecule has 2 heterocycles. The first-order valence-corrected chi connectivity index (χ1v) is 6.44. The summed E-state index contributed by atoms with van der Waals surface area (Å²) in [4.78, 5) is 22.0. The number of likely N-dealkylation sites (N-methyl/N-ethyl adjacent to an activating group) is 1. The van der Waals surface area contributed by atoms with Gasteiger partial charge in [-0.15, -0.1) is 0 Å². The van der Waals surface area contributed by atoms with Crippen molar-refractivity contribution in [2.24, 2.45) is 11.6 Å². The summed E-state index contributed by atoms with van der Waals surface area (Å²) in [5.74, 6) is 6.54. The van der Waals surface area contributed by atoms with Gasteiger partial charge in [0, 0.05) is 26.0 Å². The number of aromatic nitrogens is 2. The Morgan fingerprint density at radius 1 is 1.57 bits per heavy atom. The smallest absolute Gasteiger partial charge is 0.244 e. The quantitative estimate of drug-likeness (QED) is 0.419. The van der Waals surface area contributed by atoms with Gasteiger partial charge in [0.25, 0.3) is 0 Å². The van der Waals surface area contributed by atoms with E-state index in [1.807, 2.05) is 14.0 Å². The summed E-state index contributed by atoms with van der Waals surface area (Å²) in [5.41, 5.74) is 7.69. The van der Waals surface area contributed by atoms with Crippen molar-refractivity contribution >= 4 is 23.4 Å². The molecule has 6 N–H and O–H groups in total. The molecule has 9 nitrogen and oxygen atoms in total. The van der Waals surface area contributed by atoms with Gasteiger partial charge in [-0.3, -0.25) is 4.79 Å². The zero-order chi connectivity index (χ0) is 15.6. The lowest BCUT2D eigenvalue weighted by Gasteiger charge is -2.27. The van der Waals surface area contributed by atoms with Crippen LogP contribution in [0.3, 0.4) is 0 Å². The molecule has 1 amide bonds. The summed E-state index contributed by atoms with van der Waals surface area (Å²) in [6.07, 6.45) is 1.60. The zero-order valence-corrected chi connectivity index (χ0v) is 12.3. The number of nitrogens with two attached hydrogens (primary N) is 2. The van der Waals surface area contributed by atoms with Crippen LogP contribution in [0.25, 0.3) is 0 Å². The first-order chi connectivity index (χ1) is 9.86. The van der Waals surface area contributed by atoms with Crippen LogP contribution < -0.4 is 27.1 Å². The van der Waals surface area contributed by atoms with Crippen LogP contribution in [-0.2, 0) is 4.79 Å². The topological polar surface area (TPSA) is 125 Å². The Bertz CT molecular complexity index is 583. The second-order valence-electron chi connectivity index (χ2n) is 4.96. The van der Waals surface area contributed by atoms with E-state index in [1.165, 1.54) is 5.01 Å². The van der Waals surface area contributed by atoms with Crippen LogP contribution in [0.15, 0.2) is 11.9 Å². The molecule has 0 fully saturated rings. The predicted octanol–water partition coefficient (Wildman–Crippen LogP) is -0.809. The molecule has 1 aliphatic rings. The van der Waals surface area contributed by atoms with Gasteiger partial charge in [-0.05, 0) is 6.92 Å². The number of rotatable bonds is 4. The highest BCUT2D eigenvalue weighted by atomic mass is 16.2. The van der Waals surface area contributed by atoms with E-state index >= 15 is 0 Å². The fourth-order valence-corrected chi connectivity index (χ4v) is 2.02. The fourth-order valence-electron chi connectivity index (χ4n) is 2.02. The number of fused-ring (bicyclic) bond motifs is 1. The summed E-state index contributed by atoms with van der Waals surface area (Å²) in [7, 11) is 3.50. The van der Waals surface area contributed by atoms with Gasteiger partial charge < -0.3 is 26.3 Å². The summed E-state index contributed by atoms with van der Waals surface area (Å²) in [5, 5.41) is 7.19. The molecule has 2 rings (SSSR count). The average Bonchev–Trinajstić information content (AvgIpc) is 2.37. The van der Waals surface area contributed by atoms with E-state index in [0.717, 1.165) is 0 Å². The third-order valence-corrected chi connectivity index (χ3v) is 2.90. The van der Waals surface area contributed by atoms with Crippen molar-refractivity contribution in [1.82, 2.24) is 15.0 Å². The first-order valence-electron chi connectivity index (χ1n) is 6.44. The van der Waals surface area contributed by atoms with Gasteiger partial charge in [0.1, 0.15) is 5.69 Å². The maximum absolute atomic E-state index is 11.5. The fraction of sp³-hybridized carbons (Fsp3) is 0.417. The van der Waals surface area contributed by atoms with E-state index in [2.05, 4.69) is 20.6 Å². The number of hydrogen-bond acceptors (Lipinski definition) is 8. The lowest BCUT2D eigenvalue weighted by atomic mass is 10.2. The van der Waals surface area contributed by atoms with Crippen LogP contribution in [0, 0.1) is 6.92 Å². The number of carbonyl (C=O) groups is 1. The number of carbonyl (C=O) groups excluding carboxylic acids is 1. The maximum Gasteiger partial charge on any atom is 0.244 e. The van der Waals surface area contributed by atoms with Crippen LogP contribution in [-0.4, -0.2) is 48.1 Å². The van der Waals surface area contributed by atoms with E-state index in [-0.39, 0.29) is 12.5 Å². The molecule has 0 saturated heterocycles. The average molecular weight is 292 g/mol. The number of nitrogens with zero attached hydrogens (tertiary/aromatic N) is 4. The molecule has 9 heteroatoms. The third kappa shape index (κ3) is 3.51. The molecule has 0 aliphatic carbocycles. The third-order valence-electron chi connectivity index (χ3n) is 2.90. The lowest BCUT2D eigenvalue weighted by molar-refractivity contribution is -0.115. The highest BCUT2D eigenvalue weighted by Crippen LogP contribution is 2.29. The highest BCUT2D eigenvalue weighted by Gasteiger charge is 2.23. The minimum atomic E-state index is -0.0735. The van der Waals surface area contributed by atoms with E-state index in [4.69, 9.17) is 11.6 Å². The van der Waals surface area contributed by atoms with Crippen molar-refractivity contribution in [3.63, 3.8) is 0 Å². The Morgan fingerprint density at radius 3 is 2.95 bits per heavy atom. The van der Waals surface area contributed by atoms with Crippen LogP contribution in [0.2, 0.25) is 0 Å². The van der Waals surface area contributed by atoms with Gasteiger partial charge in [-0.2, -0.15) is 4.98 Å². The molecule has 0 spiro atoms. The van der Waals surface area contributed by atoms with Gasteiger partial charge in [0.2, 0.25) is 11.9 Å². The number of anilines is 3. The van der Waals surface area contributed by atoms with Crippen molar-refractivity contribution in [1.29, 1.82) is 0 Å². The SMILES string of the molecule is Cc1nc(NC/C(N)=C/N(C)N)nc2c1NC(=O)CN2C.